The highest BCUT2D eigenvalue weighted by molar-refractivity contribution is 7.73. The number of rotatable bonds is 1. The molecule has 1 aliphatic heterocycles. The van der Waals surface area contributed by atoms with Crippen LogP contribution in [0.5, 0.6) is 5.88 Å². The number of nitrogens with two attached hydrogens (primary N) is 1. The number of para-hydroxylation sites is 1. The third-order valence-electron chi connectivity index (χ3n) is 2.65. The Labute approximate surface area is 110 Å². The van der Waals surface area contributed by atoms with Crippen molar-refractivity contribution in [1.82, 2.24) is 4.68 Å². The molecule has 18 heavy (non-hydrogen) atoms. The number of nitrogen functional groups attached to an aromatic ring is 1. The average molecular weight is 277 g/mol. The summed E-state index contributed by atoms with van der Waals surface area (Å²) in [6.45, 7) is 0. The molecule has 3 rings (SSSR count). The number of amides is 1. The first-order valence-electron chi connectivity index (χ1n) is 5.02. The number of thiazole rings is 1. The van der Waals surface area contributed by atoms with Gasteiger partial charge in [0.05, 0.1) is 10.9 Å². The van der Waals surface area contributed by atoms with Gasteiger partial charge in [-0.15, -0.1) is 0 Å². The Kier molecular flexibility index (Phi) is 2.32. The van der Waals surface area contributed by atoms with E-state index in [9.17, 15) is 9.90 Å². The lowest BCUT2D eigenvalue weighted by Gasteiger charge is -1.98. The van der Waals surface area contributed by atoms with Gasteiger partial charge in [0, 0.05) is 5.22 Å². The lowest BCUT2D eigenvalue weighted by Crippen LogP contribution is -2.22. The molecule has 0 saturated heterocycles. The number of carbonyl (C=O) groups excluding carboxylic acids is 1. The third kappa shape index (κ3) is 1.41. The fraction of sp³-hybridized carbons (Fsp3) is 0. The third-order valence-corrected chi connectivity index (χ3v) is 4.06. The lowest BCUT2D eigenvalue weighted by molar-refractivity contribution is -0.112. The van der Waals surface area contributed by atoms with Crippen molar-refractivity contribution in [2.24, 2.45) is 4.99 Å². The zero-order valence-corrected chi connectivity index (χ0v) is 10.6. The minimum Gasteiger partial charge on any atom is -0.492 e. The minimum absolute atomic E-state index is 0.208. The van der Waals surface area contributed by atoms with Crippen LogP contribution in [0, 0.1) is 3.95 Å². The van der Waals surface area contributed by atoms with Crippen molar-refractivity contribution >= 4 is 35.0 Å². The maximum absolute atomic E-state index is 11.9. The number of nitrogens with zero attached hydrogens (tertiary/aromatic N) is 2. The molecule has 90 valence electrons. The van der Waals surface area contributed by atoms with E-state index < -0.39 is 0 Å². The highest BCUT2D eigenvalue weighted by atomic mass is 32.1. The van der Waals surface area contributed by atoms with E-state index in [4.69, 9.17) is 18.1 Å². The van der Waals surface area contributed by atoms with E-state index in [1.807, 2.05) is 6.07 Å². The molecular formula is C11H7N3O2S2. The van der Waals surface area contributed by atoms with Crippen LogP contribution in [0.25, 0.3) is 5.57 Å². The Morgan fingerprint density at radius 1 is 1.39 bits per heavy atom. The van der Waals surface area contributed by atoms with Crippen LogP contribution in [-0.4, -0.2) is 15.7 Å². The summed E-state index contributed by atoms with van der Waals surface area (Å²) in [5, 5.41) is 11.2. The zero-order chi connectivity index (χ0) is 12.9. The van der Waals surface area contributed by atoms with Crippen LogP contribution in [0.3, 0.4) is 0 Å². The first-order valence-corrected chi connectivity index (χ1v) is 6.24. The van der Waals surface area contributed by atoms with Crippen LogP contribution in [-0.2, 0) is 4.79 Å². The molecule has 0 spiro atoms. The highest BCUT2D eigenvalue weighted by Crippen LogP contribution is 2.30. The van der Waals surface area contributed by atoms with E-state index in [0.29, 0.717) is 25.0 Å². The van der Waals surface area contributed by atoms with E-state index in [2.05, 4.69) is 4.99 Å². The van der Waals surface area contributed by atoms with Gasteiger partial charge in [0.2, 0.25) is 5.88 Å². The van der Waals surface area contributed by atoms with Gasteiger partial charge >= 0.3 is 0 Å². The molecule has 0 fully saturated rings. The molecule has 0 aliphatic carbocycles. The second-order valence-corrected chi connectivity index (χ2v) is 5.34. The quantitative estimate of drug-likeness (QED) is 0.570. The van der Waals surface area contributed by atoms with Crippen molar-refractivity contribution < 1.29 is 9.90 Å². The normalized spacial score (nSPS) is 13.6. The summed E-state index contributed by atoms with van der Waals surface area (Å²) in [6, 6.07) is 7.13. The van der Waals surface area contributed by atoms with Gasteiger partial charge in [-0.25, -0.2) is 9.67 Å². The number of aromatic hydroxyl groups is 1. The summed E-state index contributed by atoms with van der Waals surface area (Å²) in [5.74, 6) is 4.96. The van der Waals surface area contributed by atoms with E-state index in [0.717, 1.165) is 16.0 Å². The SMILES string of the molecule is Nn1c(O)c(C2=c3ccccc3=NC2=O)sc1=S. The van der Waals surface area contributed by atoms with E-state index in [1.54, 1.807) is 18.2 Å². The Balaban J connectivity index is 2.44. The van der Waals surface area contributed by atoms with Crippen molar-refractivity contribution in [3.8, 4) is 5.88 Å². The number of benzene rings is 1. The minimum atomic E-state index is -0.386. The molecule has 1 aromatic heterocycles. The Hall–Kier alpha value is -1.99. The predicted molar refractivity (Wildman–Crippen MR) is 69.7 cm³/mol. The summed E-state index contributed by atoms with van der Waals surface area (Å²) in [6.07, 6.45) is 0. The zero-order valence-electron chi connectivity index (χ0n) is 8.95. The van der Waals surface area contributed by atoms with Crippen molar-refractivity contribution in [3.63, 3.8) is 0 Å². The van der Waals surface area contributed by atoms with Gasteiger partial charge in [-0.3, -0.25) is 4.79 Å². The molecule has 0 atom stereocenters. The molecule has 2 heterocycles. The molecule has 7 heteroatoms. The van der Waals surface area contributed by atoms with Crippen molar-refractivity contribution in [2.45, 2.75) is 0 Å². The maximum atomic E-state index is 11.9. The standard InChI is InChI=1S/C11H7N3O2S2/c12-14-10(16)8(18-11(14)17)7-5-3-1-2-4-6(5)13-9(7)15/h1-4,16H,12H2. The molecule has 1 amide bonds. The molecule has 3 N–H and O–H groups in total. The van der Waals surface area contributed by atoms with Crippen LogP contribution < -0.4 is 16.4 Å². The maximum Gasteiger partial charge on any atom is 0.279 e. The first kappa shape index (κ1) is 11.1. The van der Waals surface area contributed by atoms with Crippen molar-refractivity contribution in [3.05, 3.63) is 43.7 Å². The second kappa shape index (κ2) is 3.76. The second-order valence-electron chi connectivity index (χ2n) is 3.70. The Bertz CT molecular complexity index is 848. The fourth-order valence-corrected chi connectivity index (χ4v) is 3.01. The highest BCUT2D eigenvalue weighted by Gasteiger charge is 2.24. The average Bonchev–Trinajstić information content (AvgIpc) is 2.80. The van der Waals surface area contributed by atoms with Crippen LogP contribution in [0.4, 0.5) is 0 Å². The summed E-state index contributed by atoms with van der Waals surface area (Å²) in [4.78, 5) is 16.2. The number of carbonyl (C=O) groups is 1. The predicted octanol–water partition coefficient (Wildman–Crippen LogP) is 0.0573. The summed E-state index contributed by atoms with van der Waals surface area (Å²) in [5.41, 5.74) is 0.350. The molecular weight excluding hydrogens is 270 g/mol. The lowest BCUT2D eigenvalue weighted by atomic mass is 10.1. The summed E-state index contributed by atoms with van der Waals surface area (Å²) >= 11 is 6.07. The molecule has 5 nitrogen and oxygen atoms in total. The Morgan fingerprint density at radius 2 is 2.11 bits per heavy atom. The van der Waals surface area contributed by atoms with E-state index in [-0.39, 0.29) is 11.8 Å². The van der Waals surface area contributed by atoms with Crippen LogP contribution >= 0.6 is 23.6 Å². The first-order chi connectivity index (χ1) is 8.59. The monoisotopic (exact) mass is 277 g/mol. The smallest absolute Gasteiger partial charge is 0.279 e. The number of hydrogen-bond donors (Lipinski definition) is 2. The summed E-state index contributed by atoms with van der Waals surface area (Å²) in [7, 11) is 0. The van der Waals surface area contributed by atoms with Gasteiger partial charge < -0.3 is 10.9 Å². The van der Waals surface area contributed by atoms with Crippen LogP contribution in [0.2, 0.25) is 0 Å². The van der Waals surface area contributed by atoms with Gasteiger partial charge in [0.1, 0.15) is 4.88 Å². The van der Waals surface area contributed by atoms with E-state index >= 15 is 0 Å². The molecule has 1 aliphatic rings. The van der Waals surface area contributed by atoms with E-state index in [1.165, 1.54) is 0 Å². The molecule has 1 aromatic carbocycles. The topological polar surface area (TPSA) is 80.6 Å². The van der Waals surface area contributed by atoms with Crippen LogP contribution in [0.15, 0.2) is 29.3 Å². The number of fused-ring (bicyclic) bond motifs is 1. The fourth-order valence-electron chi connectivity index (χ4n) is 1.82. The largest absolute Gasteiger partial charge is 0.492 e. The van der Waals surface area contributed by atoms with Gasteiger partial charge in [0.25, 0.3) is 5.91 Å². The molecule has 2 aromatic rings. The summed E-state index contributed by atoms with van der Waals surface area (Å²) < 4.78 is 1.28. The van der Waals surface area contributed by atoms with Crippen LogP contribution in [0.1, 0.15) is 4.88 Å². The van der Waals surface area contributed by atoms with Crippen molar-refractivity contribution in [1.29, 1.82) is 0 Å². The molecule has 0 bridgehead atoms. The molecule has 0 radical (unpaired) electrons. The Morgan fingerprint density at radius 3 is 2.78 bits per heavy atom. The van der Waals surface area contributed by atoms with Gasteiger partial charge in [-0.05, 0) is 18.3 Å². The number of aromatic nitrogens is 1. The number of hydrogen-bond acceptors (Lipinski definition) is 5. The van der Waals surface area contributed by atoms with Gasteiger partial charge in [0.15, 0.2) is 3.95 Å². The van der Waals surface area contributed by atoms with Gasteiger partial charge in [-0.2, -0.15) is 0 Å². The molecule has 0 saturated carbocycles. The van der Waals surface area contributed by atoms with Gasteiger partial charge in [-0.1, -0.05) is 29.5 Å². The van der Waals surface area contributed by atoms with Crippen molar-refractivity contribution in [2.75, 3.05) is 5.84 Å². The molecule has 0 unspecified atom stereocenters.